The van der Waals surface area contributed by atoms with Gasteiger partial charge in [0, 0.05) is 25.4 Å². The van der Waals surface area contributed by atoms with E-state index in [4.69, 9.17) is 4.74 Å². The second-order valence-electron chi connectivity index (χ2n) is 6.62. The predicted molar refractivity (Wildman–Crippen MR) is 108 cm³/mol. The summed E-state index contributed by atoms with van der Waals surface area (Å²) in [4.78, 5) is 16.3. The molecule has 1 amide bonds. The van der Waals surface area contributed by atoms with Crippen LogP contribution >= 0.6 is 0 Å². The summed E-state index contributed by atoms with van der Waals surface area (Å²) < 4.78 is 7.31. The van der Waals surface area contributed by atoms with Crippen LogP contribution in [0, 0.1) is 20.8 Å². The predicted octanol–water partition coefficient (Wildman–Crippen LogP) is 4.15. The van der Waals surface area contributed by atoms with Gasteiger partial charge in [-0.2, -0.15) is 0 Å². The third-order valence-corrected chi connectivity index (χ3v) is 4.93. The fourth-order valence-corrected chi connectivity index (χ4v) is 3.22. The highest BCUT2D eigenvalue weighted by Gasteiger charge is 2.14. The molecule has 3 rings (SSSR count). The van der Waals surface area contributed by atoms with Gasteiger partial charge in [-0.1, -0.05) is 25.1 Å². The molecule has 142 valence electrons. The number of hydrogen-bond donors (Lipinski definition) is 2. The Labute approximate surface area is 159 Å². The molecule has 2 N–H and O–H groups in total. The first-order valence-corrected chi connectivity index (χ1v) is 9.14. The number of nitrogens with one attached hydrogen (secondary N) is 2. The fraction of sp³-hybridized carbons (Fsp3) is 0.333. The number of amides is 1. The fourth-order valence-electron chi connectivity index (χ4n) is 3.22. The first-order valence-electron chi connectivity index (χ1n) is 9.14. The average Bonchev–Trinajstić information content (AvgIpc) is 2.95. The summed E-state index contributed by atoms with van der Waals surface area (Å²) in [6.45, 7) is 8.94. The van der Waals surface area contributed by atoms with Crippen LogP contribution in [-0.2, 0) is 13.0 Å². The summed E-state index contributed by atoms with van der Waals surface area (Å²) in [5.74, 6) is 0.463. The van der Waals surface area contributed by atoms with Crippen molar-refractivity contribution < 1.29 is 9.53 Å². The van der Waals surface area contributed by atoms with Crippen molar-refractivity contribution in [3.05, 3.63) is 58.5 Å². The normalized spacial score (nSPS) is 10.9. The molecule has 1 aromatic carbocycles. The lowest BCUT2D eigenvalue weighted by atomic mass is 10.00. The maximum Gasteiger partial charge on any atom is 0.412 e. The van der Waals surface area contributed by atoms with Crippen LogP contribution in [0.25, 0.3) is 5.65 Å². The summed E-state index contributed by atoms with van der Waals surface area (Å²) in [6.07, 6.45) is 2.27. The highest BCUT2D eigenvalue weighted by molar-refractivity contribution is 5.74. The van der Waals surface area contributed by atoms with Gasteiger partial charge in [0.25, 0.3) is 0 Å². The van der Waals surface area contributed by atoms with E-state index in [2.05, 4.69) is 47.7 Å². The Morgan fingerprint density at radius 3 is 2.74 bits per heavy atom. The third kappa shape index (κ3) is 3.74. The second-order valence-corrected chi connectivity index (χ2v) is 6.62. The Balaban J connectivity index is 2.00. The minimum absolute atomic E-state index is 0.463. The summed E-state index contributed by atoms with van der Waals surface area (Å²) in [7, 11) is 1.54. The monoisotopic (exact) mass is 366 g/mol. The molecule has 0 fully saturated rings. The first kappa shape index (κ1) is 18.8. The van der Waals surface area contributed by atoms with Crippen LogP contribution in [-0.4, -0.2) is 22.5 Å². The molecular weight excluding hydrogens is 340 g/mol. The standard InChI is InChI=1S/C21H26N4O2/c1-6-16-9-7-8-13(2)18(16)11-23-19-10-17(27-21(26)22-5)12-25-15(4)14(3)24-20(19)25/h7-10,12,23H,6,11H2,1-5H3,(H,22,26). The van der Waals surface area contributed by atoms with E-state index >= 15 is 0 Å². The van der Waals surface area contributed by atoms with Crippen molar-refractivity contribution in [2.45, 2.75) is 40.7 Å². The maximum absolute atomic E-state index is 11.6. The number of imidazole rings is 1. The molecule has 0 spiro atoms. The number of carbonyl (C=O) groups is 1. The third-order valence-electron chi connectivity index (χ3n) is 4.93. The molecule has 0 atom stereocenters. The number of fused-ring (bicyclic) bond motifs is 1. The van der Waals surface area contributed by atoms with Crippen LogP contribution in [0.2, 0.25) is 0 Å². The van der Waals surface area contributed by atoms with Crippen molar-refractivity contribution >= 4 is 17.4 Å². The number of ether oxygens (including phenoxy) is 1. The van der Waals surface area contributed by atoms with Gasteiger partial charge in [0.15, 0.2) is 11.4 Å². The van der Waals surface area contributed by atoms with Crippen molar-refractivity contribution in [2.24, 2.45) is 0 Å². The van der Waals surface area contributed by atoms with Crippen LogP contribution in [0.4, 0.5) is 10.5 Å². The number of pyridine rings is 1. The van der Waals surface area contributed by atoms with Gasteiger partial charge in [0.1, 0.15) is 0 Å². The minimum atomic E-state index is -0.498. The molecule has 2 aromatic heterocycles. The number of nitrogens with zero attached hydrogens (tertiary/aromatic N) is 2. The van der Waals surface area contributed by atoms with Crippen molar-refractivity contribution in [2.75, 3.05) is 12.4 Å². The lowest BCUT2D eigenvalue weighted by Crippen LogP contribution is -2.22. The van der Waals surface area contributed by atoms with Gasteiger partial charge in [-0.3, -0.25) is 4.40 Å². The molecule has 0 aliphatic carbocycles. The highest BCUT2D eigenvalue weighted by Crippen LogP contribution is 2.27. The zero-order valence-corrected chi connectivity index (χ0v) is 16.5. The van der Waals surface area contributed by atoms with Crippen LogP contribution in [0.3, 0.4) is 0 Å². The Morgan fingerprint density at radius 1 is 1.26 bits per heavy atom. The number of aryl methyl sites for hydroxylation is 4. The molecule has 0 saturated heterocycles. The van der Waals surface area contributed by atoms with Crippen LogP contribution in [0.15, 0.2) is 30.5 Å². The Bertz CT molecular complexity index is 992. The molecule has 0 bridgehead atoms. The van der Waals surface area contributed by atoms with Crippen molar-refractivity contribution in [1.82, 2.24) is 14.7 Å². The largest absolute Gasteiger partial charge is 0.412 e. The van der Waals surface area contributed by atoms with E-state index in [0.717, 1.165) is 29.1 Å². The molecule has 0 saturated carbocycles. The zero-order chi connectivity index (χ0) is 19.6. The van der Waals surface area contributed by atoms with Gasteiger partial charge in [-0.05, 0) is 43.9 Å². The molecule has 6 heteroatoms. The molecule has 0 radical (unpaired) electrons. The Morgan fingerprint density at radius 2 is 2.04 bits per heavy atom. The SMILES string of the molecule is CCc1cccc(C)c1CNc1cc(OC(=O)NC)cn2c(C)c(C)nc12. The lowest BCUT2D eigenvalue weighted by molar-refractivity contribution is 0.203. The van der Waals surface area contributed by atoms with Gasteiger partial charge in [0.2, 0.25) is 0 Å². The molecule has 0 aliphatic heterocycles. The van der Waals surface area contributed by atoms with Crippen LogP contribution in [0.1, 0.15) is 35.0 Å². The van der Waals surface area contributed by atoms with Gasteiger partial charge in [0.05, 0.1) is 17.6 Å². The number of aromatic nitrogens is 2. The molecular formula is C21H26N4O2. The van der Waals surface area contributed by atoms with E-state index in [1.807, 2.05) is 24.3 Å². The van der Waals surface area contributed by atoms with Crippen molar-refractivity contribution in [3.63, 3.8) is 0 Å². The minimum Gasteiger partial charge on any atom is -0.409 e. The number of hydrogen-bond acceptors (Lipinski definition) is 4. The summed E-state index contributed by atoms with van der Waals surface area (Å²) >= 11 is 0. The van der Waals surface area contributed by atoms with Gasteiger partial charge >= 0.3 is 6.09 Å². The van der Waals surface area contributed by atoms with E-state index < -0.39 is 6.09 Å². The zero-order valence-electron chi connectivity index (χ0n) is 16.5. The summed E-state index contributed by atoms with van der Waals surface area (Å²) in [5, 5.41) is 5.97. The van der Waals surface area contributed by atoms with E-state index in [1.165, 1.54) is 23.7 Å². The van der Waals surface area contributed by atoms with Gasteiger partial charge in [-0.25, -0.2) is 9.78 Å². The average molecular weight is 366 g/mol. The Kier molecular flexibility index (Phi) is 5.35. The van der Waals surface area contributed by atoms with Crippen molar-refractivity contribution in [3.8, 4) is 5.75 Å². The summed E-state index contributed by atoms with van der Waals surface area (Å²) in [6, 6.07) is 8.20. The van der Waals surface area contributed by atoms with Crippen molar-refractivity contribution in [1.29, 1.82) is 0 Å². The van der Waals surface area contributed by atoms with E-state index in [9.17, 15) is 4.79 Å². The highest BCUT2D eigenvalue weighted by atomic mass is 16.6. The number of benzene rings is 1. The van der Waals surface area contributed by atoms with Crippen LogP contribution in [0.5, 0.6) is 5.75 Å². The number of anilines is 1. The van der Waals surface area contributed by atoms with Gasteiger partial charge in [-0.15, -0.1) is 0 Å². The Hall–Kier alpha value is -3.02. The topological polar surface area (TPSA) is 67.7 Å². The summed E-state index contributed by atoms with van der Waals surface area (Å²) in [5.41, 5.74) is 7.48. The molecule has 2 heterocycles. The number of rotatable bonds is 5. The molecule has 0 aliphatic rings. The molecule has 27 heavy (non-hydrogen) atoms. The molecule has 6 nitrogen and oxygen atoms in total. The van der Waals surface area contributed by atoms with E-state index in [0.29, 0.717) is 12.3 Å². The quantitative estimate of drug-likeness (QED) is 0.712. The molecule has 3 aromatic rings. The van der Waals surface area contributed by atoms with Crippen LogP contribution < -0.4 is 15.4 Å². The lowest BCUT2D eigenvalue weighted by Gasteiger charge is -2.15. The smallest absolute Gasteiger partial charge is 0.409 e. The first-order chi connectivity index (χ1) is 12.9. The number of carbonyl (C=O) groups excluding carboxylic acids is 1. The van der Waals surface area contributed by atoms with E-state index in [1.54, 1.807) is 6.20 Å². The van der Waals surface area contributed by atoms with Gasteiger partial charge < -0.3 is 15.4 Å². The second kappa shape index (κ2) is 7.70. The molecule has 0 unspecified atom stereocenters. The maximum atomic E-state index is 11.6. The van der Waals surface area contributed by atoms with E-state index in [-0.39, 0.29) is 0 Å².